The van der Waals surface area contributed by atoms with Crippen molar-refractivity contribution in [2.24, 2.45) is 5.92 Å². The molecule has 1 aromatic rings. The molecule has 1 saturated carbocycles. The molecule has 0 radical (unpaired) electrons. The minimum atomic E-state index is -0.460. The van der Waals surface area contributed by atoms with E-state index >= 15 is 0 Å². The van der Waals surface area contributed by atoms with Gasteiger partial charge in [-0.25, -0.2) is 0 Å². The monoisotopic (exact) mass is 305 g/mol. The first-order chi connectivity index (χ1) is 10.5. The van der Waals surface area contributed by atoms with Gasteiger partial charge in [-0.2, -0.15) is 0 Å². The summed E-state index contributed by atoms with van der Waals surface area (Å²) in [6, 6.07) is 4.75. The van der Waals surface area contributed by atoms with Gasteiger partial charge in [-0.05, 0) is 69.1 Å². The van der Waals surface area contributed by atoms with E-state index in [0.717, 1.165) is 17.2 Å². The van der Waals surface area contributed by atoms with Gasteiger partial charge >= 0.3 is 0 Å². The van der Waals surface area contributed by atoms with Crippen LogP contribution in [-0.2, 0) is 0 Å². The first-order valence-electron chi connectivity index (χ1n) is 8.58. The maximum absolute atomic E-state index is 10.2. The fourth-order valence-electron chi connectivity index (χ4n) is 3.15. The van der Waals surface area contributed by atoms with Crippen LogP contribution in [0.5, 0.6) is 5.75 Å². The Hall–Kier alpha value is -1.06. The summed E-state index contributed by atoms with van der Waals surface area (Å²) in [4.78, 5) is 0. The molecule has 0 saturated heterocycles. The lowest BCUT2D eigenvalue weighted by Gasteiger charge is -2.28. The van der Waals surface area contributed by atoms with Gasteiger partial charge in [-0.3, -0.25) is 0 Å². The van der Waals surface area contributed by atoms with Crippen LogP contribution in [0.2, 0.25) is 0 Å². The third-order valence-corrected chi connectivity index (χ3v) is 4.95. The highest BCUT2D eigenvalue weighted by molar-refractivity contribution is 5.44. The molecule has 3 nitrogen and oxygen atoms in total. The second kappa shape index (κ2) is 7.98. The molecule has 0 aliphatic heterocycles. The van der Waals surface area contributed by atoms with Crippen molar-refractivity contribution >= 4 is 0 Å². The zero-order valence-corrected chi connectivity index (χ0v) is 14.5. The summed E-state index contributed by atoms with van der Waals surface area (Å²) in [6.07, 6.45) is 4.59. The molecule has 3 heteroatoms. The second-order valence-electron chi connectivity index (χ2n) is 6.98. The van der Waals surface area contributed by atoms with Gasteiger partial charge in [0.15, 0.2) is 0 Å². The molecule has 0 spiro atoms. The summed E-state index contributed by atoms with van der Waals surface area (Å²) < 4.78 is 5.88. The summed E-state index contributed by atoms with van der Waals surface area (Å²) in [5.74, 6) is 1.78. The van der Waals surface area contributed by atoms with E-state index in [1.165, 1.54) is 36.8 Å². The fourth-order valence-corrected chi connectivity index (χ4v) is 3.15. The molecular formula is C19H31NO2. The minimum Gasteiger partial charge on any atom is -0.490 e. The van der Waals surface area contributed by atoms with Crippen molar-refractivity contribution in [3.63, 3.8) is 0 Å². The standard InChI is InChI=1S/C19H31NO2/c1-13-5-9-17(10-6-13)20-11-18(21)12-22-19-15(3)8-7-14(2)16(19)4/h7-8,13,17-18,20-21H,5-6,9-12H2,1-4H3/t13?,17?,18-/m1/s1. The van der Waals surface area contributed by atoms with Gasteiger partial charge in [-0.1, -0.05) is 19.1 Å². The van der Waals surface area contributed by atoms with E-state index in [0.29, 0.717) is 19.2 Å². The topological polar surface area (TPSA) is 41.5 Å². The van der Waals surface area contributed by atoms with E-state index in [1.54, 1.807) is 0 Å². The van der Waals surface area contributed by atoms with Crippen LogP contribution in [0.25, 0.3) is 0 Å². The SMILES string of the molecule is Cc1ccc(C)c(OC[C@H](O)CNC2CCC(C)CC2)c1C. The van der Waals surface area contributed by atoms with Crippen molar-refractivity contribution < 1.29 is 9.84 Å². The molecule has 2 rings (SSSR count). The average Bonchev–Trinajstić information content (AvgIpc) is 2.50. The van der Waals surface area contributed by atoms with Crippen LogP contribution in [0.3, 0.4) is 0 Å². The quantitative estimate of drug-likeness (QED) is 0.845. The Kier molecular flexibility index (Phi) is 6.27. The Morgan fingerprint density at radius 2 is 1.77 bits per heavy atom. The Balaban J connectivity index is 1.76. The zero-order valence-electron chi connectivity index (χ0n) is 14.5. The van der Waals surface area contributed by atoms with Crippen LogP contribution >= 0.6 is 0 Å². The highest BCUT2D eigenvalue weighted by Gasteiger charge is 2.18. The van der Waals surface area contributed by atoms with Crippen molar-refractivity contribution in [1.82, 2.24) is 5.32 Å². The van der Waals surface area contributed by atoms with E-state index in [2.05, 4.69) is 45.1 Å². The Labute approximate surface area is 135 Å². The number of hydrogen-bond acceptors (Lipinski definition) is 3. The van der Waals surface area contributed by atoms with Crippen LogP contribution in [0.4, 0.5) is 0 Å². The van der Waals surface area contributed by atoms with Gasteiger partial charge in [0.25, 0.3) is 0 Å². The Morgan fingerprint density at radius 1 is 1.14 bits per heavy atom. The summed E-state index contributed by atoms with van der Waals surface area (Å²) in [5, 5.41) is 13.6. The molecule has 2 N–H and O–H groups in total. The van der Waals surface area contributed by atoms with Crippen LogP contribution in [0.15, 0.2) is 12.1 Å². The number of aliphatic hydroxyl groups is 1. The average molecular weight is 305 g/mol. The van der Waals surface area contributed by atoms with Crippen molar-refractivity contribution in [3.8, 4) is 5.75 Å². The molecule has 1 aliphatic rings. The van der Waals surface area contributed by atoms with Crippen molar-refractivity contribution in [2.45, 2.75) is 65.5 Å². The summed E-state index contributed by atoms with van der Waals surface area (Å²) >= 11 is 0. The van der Waals surface area contributed by atoms with E-state index < -0.39 is 6.10 Å². The van der Waals surface area contributed by atoms with Crippen LogP contribution < -0.4 is 10.1 Å². The molecule has 1 atom stereocenters. The normalized spacial score (nSPS) is 23.3. The van der Waals surface area contributed by atoms with E-state index in [-0.39, 0.29) is 0 Å². The molecule has 124 valence electrons. The lowest BCUT2D eigenvalue weighted by atomic mass is 9.87. The lowest BCUT2D eigenvalue weighted by molar-refractivity contribution is 0.100. The Bertz CT molecular complexity index is 479. The summed E-state index contributed by atoms with van der Waals surface area (Å²) in [5.41, 5.74) is 3.52. The van der Waals surface area contributed by atoms with Crippen molar-refractivity contribution in [1.29, 1.82) is 0 Å². The van der Waals surface area contributed by atoms with Gasteiger partial charge in [0.1, 0.15) is 18.5 Å². The highest BCUT2D eigenvalue weighted by Crippen LogP contribution is 2.26. The number of aliphatic hydroxyl groups excluding tert-OH is 1. The van der Waals surface area contributed by atoms with Gasteiger partial charge in [0, 0.05) is 12.6 Å². The van der Waals surface area contributed by atoms with Gasteiger partial charge < -0.3 is 15.2 Å². The summed E-state index contributed by atoms with van der Waals surface area (Å²) in [6.45, 7) is 9.50. The largest absolute Gasteiger partial charge is 0.490 e. The predicted molar refractivity (Wildman–Crippen MR) is 91.6 cm³/mol. The van der Waals surface area contributed by atoms with E-state index in [4.69, 9.17) is 4.74 Å². The minimum absolute atomic E-state index is 0.348. The third kappa shape index (κ3) is 4.72. The molecule has 0 heterocycles. The van der Waals surface area contributed by atoms with Crippen molar-refractivity contribution in [3.05, 3.63) is 28.8 Å². The number of rotatable bonds is 6. The summed E-state index contributed by atoms with van der Waals surface area (Å²) in [7, 11) is 0. The molecular weight excluding hydrogens is 274 g/mol. The number of ether oxygens (including phenoxy) is 1. The number of benzene rings is 1. The van der Waals surface area contributed by atoms with Crippen molar-refractivity contribution in [2.75, 3.05) is 13.2 Å². The smallest absolute Gasteiger partial charge is 0.125 e. The van der Waals surface area contributed by atoms with Gasteiger partial charge in [0.05, 0.1) is 0 Å². The van der Waals surface area contributed by atoms with E-state index in [9.17, 15) is 5.11 Å². The molecule has 1 aliphatic carbocycles. The van der Waals surface area contributed by atoms with Gasteiger partial charge in [0.2, 0.25) is 0 Å². The number of aryl methyl sites for hydroxylation is 2. The molecule has 0 unspecified atom stereocenters. The lowest BCUT2D eigenvalue weighted by Crippen LogP contribution is -2.39. The van der Waals surface area contributed by atoms with Crippen LogP contribution in [0.1, 0.15) is 49.3 Å². The fraction of sp³-hybridized carbons (Fsp3) is 0.684. The van der Waals surface area contributed by atoms with Crippen LogP contribution in [0, 0.1) is 26.7 Å². The molecule has 1 fully saturated rings. The molecule has 1 aromatic carbocycles. The van der Waals surface area contributed by atoms with Crippen LogP contribution in [-0.4, -0.2) is 30.4 Å². The first-order valence-corrected chi connectivity index (χ1v) is 8.58. The number of hydrogen-bond donors (Lipinski definition) is 2. The zero-order chi connectivity index (χ0) is 16.1. The molecule has 22 heavy (non-hydrogen) atoms. The third-order valence-electron chi connectivity index (χ3n) is 4.95. The first kappa shape index (κ1) is 17.3. The van der Waals surface area contributed by atoms with Gasteiger partial charge in [-0.15, -0.1) is 0 Å². The number of nitrogens with one attached hydrogen (secondary N) is 1. The molecule has 0 aromatic heterocycles. The second-order valence-corrected chi connectivity index (χ2v) is 6.98. The molecule has 0 bridgehead atoms. The molecule has 0 amide bonds. The van der Waals surface area contributed by atoms with E-state index in [1.807, 2.05) is 0 Å². The predicted octanol–water partition coefficient (Wildman–Crippen LogP) is 3.52. The maximum Gasteiger partial charge on any atom is 0.125 e. The Morgan fingerprint density at radius 3 is 2.45 bits per heavy atom. The highest BCUT2D eigenvalue weighted by atomic mass is 16.5. The maximum atomic E-state index is 10.2.